The summed E-state index contributed by atoms with van der Waals surface area (Å²) in [4.78, 5) is 15.7. The van der Waals surface area contributed by atoms with Crippen molar-refractivity contribution in [3.05, 3.63) is 59.9 Å². The fourth-order valence-electron chi connectivity index (χ4n) is 2.98. The van der Waals surface area contributed by atoms with Crippen LogP contribution in [0.25, 0.3) is 0 Å². The molecule has 2 aromatic rings. The predicted molar refractivity (Wildman–Crippen MR) is 94.0 cm³/mol. The van der Waals surface area contributed by atoms with Gasteiger partial charge in [-0.25, -0.2) is 4.39 Å². The lowest BCUT2D eigenvalue weighted by Crippen LogP contribution is -3.15. The van der Waals surface area contributed by atoms with Gasteiger partial charge in [0, 0.05) is 11.4 Å². The summed E-state index contributed by atoms with van der Waals surface area (Å²) in [5.74, 6) is -0.167. The summed E-state index contributed by atoms with van der Waals surface area (Å²) in [5, 5.41) is 2.95. The first-order valence-corrected chi connectivity index (χ1v) is 8.31. The molecule has 2 aromatic carbocycles. The second-order valence-corrected chi connectivity index (χ2v) is 6.30. The largest absolute Gasteiger partial charge is 0.360 e. The smallest absolute Gasteiger partial charge is 0.279 e. The summed E-state index contributed by atoms with van der Waals surface area (Å²) in [6.07, 6.45) is 0. The van der Waals surface area contributed by atoms with Gasteiger partial charge in [0.05, 0.1) is 26.2 Å². The first-order chi connectivity index (χ1) is 11.6. The molecule has 1 saturated heterocycles. The molecular formula is C19H23FN3O+. The van der Waals surface area contributed by atoms with Crippen LogP contribution >= 0.6 is 0 Å². The molecule has 0 aromatic heterocycles. The molecule has 1 amide bonds. The van der Waals surface area contributed by atoms with Crippen LogP contribution in [-0.2, 0) is 4.79 Å². The molecule has 0 bridgehead atoms. The standard InChI is InChI=1S/C19H22FN3O/c1-15-2-6-17(7-3-15)21-19(24)14-22-10-12-23(13-11-22)18-8-4-16(20)5-9-18/h2-9H,10-14H2,1H3,(H,21,24)/p+1. The van der Waals surface area contributed by atoms with Crippen LogP contribution in [-0.4, -0.2) is 38.6 Å². The summed E-state index contributed by atoms with van der Waals surface area (Å²) >= 11 is 0. The fourth-order valence-corrected chi connectivity index (χ4v) is 2.98. The molecule has 0 spiro atoms. The summed E-state index contributed by atoms with van der Waals surface area (Å²) < 4.78 is 13.0. The van der Waals surface area contributed by atoms with Crippen molar-refractivity contribution in [3.63, 3.8) is 0 Å². The van der Waals surface area contributed by atoms with Gasteiger partial charge >= 0.3 is 0 Å². The van der Waals surface area contributed by atoms with Crippen LogP contribution < -0.4 is 15.1 Å². The Labute approximate surface area is 141 Å². The van der Waals surface area contributed by atoms with Crippen molar-refractivity contribution >= 4 is 17.3 Å². The van der Waals surface area contributed by atoms with Crippen molar-refractivity contribution in [2.24, 2.45) is 0 Å². The second kappa shape index (κ2) is 7.45. The molecule has 0 aliphatic carbocycles. The van der Waals surface area contributed by atoms with Crippen molar-refractivity contribution in [2.45, 2.75) is 6.92 Å². The van der Waals surface area contributed by atoms with E-state index in [0.29, 0.717) is 6.54 Å². The average molecular weight is 328 g/mol. The van der Waals surface area contributed by atoms with Crippen LogP contribution in [0.15, 0.2) is 48.5 Å². The first-order valence-electron chi connectivity index (χ1n) is 8.31. The number of hydrogen-bond acceptors (Lipinski definition) is 2. The number of carbonyl (C=O) groups is 1. The minimum atomic E-state index is -0.212. The number of amides is 1. The lowest BCUT2D eigenvalue weighted by Gasteiger charge is -2.33. The molecule has 0 atom stereocenters. The quantitative estimate of drug-likeness (QED) is 0.892. The van der Waals surface area contributed by atoms with Crippen LogP contribution in [0.2, 0.25) is 0 Å². The minimum Gasteiger partial charge on any atom is -0.360 e. The number of nitrogens with one attached hydrogen (secondary N) is 2. The number of hydrogen-bond donors (Lipinski definition) is 2. The van der Waals surface area contributed by atoms with Crippen LogP contribution in [0.3, 0.4) is 0 Å². The molecule has 3 rings (SSSR count). The van der Waals surface area contributed by atoms with Crippen molar-refractivity contribution in [2.75, 3.05) is 42.9 Å². The zero-order chi connectivity index (χ0) is 16.9. The SMILES string of the molecule is Cc1ccc(NC(=O)C[NH+]2CCN(c3ccc(F)cc3)CC2)cc1. The van der Waals surface area contributed by atoms with Crippen molar-refractivity contribution < 1.29 is 14.1 Å². The average Bonchev–Trinajstić information content (AvgIpc) is 2.58. The highest BCUT2D eigenvalue weighted by Crippen LogP contribution is 2.14. The highest BCUT2D eigenvalue weighted by molar-refractivity contribution is 5.91. The number of piperazine rings is 1. The molecule has 0 radical (unpaired) electrons. The maximum Gasteiger partial charge on any atom is 0.279 e. The normalized spacial score (nSPS) is 15.3. The lowest BCUT2D eigenvalue weighted by atomic mass is 10.2. The number of anilines is 2. The van der Waals surface area contributed by atoms with E-state index in [1.54, 1.807) is 0 Å². The Balaban J connectivity index is 1.47. The third kappa shape index (κ3) is 4.32. The molecule has 1 heterocycles. The number of rotatable bonds is 4. The van der Waals surface area contributed by atoms with Gasteiger partial charge in [0.25, 0.3) is 5.91 Å². The van der Waals surface area contributed by atoms with E-state index in [-0.39, 0.29) is 11.7 Å². The summed E-state index contributed by atoms with van der Waals surface area (Å²) in [5.41, 5.74) is 3.06. The van der Waals surface area contributed by atoms with Crippen molar-refractivity contribution in [1.82, 2.24) is 0 Å². The molecule has 126 valence electrons. The number of carbonyl (C=O) groups excluding carboxylic acids is 1. The van der Waals surface area contributed by atoms with Crippen LogP contribution in [0.1, 0.15) is 5.56 Å². The molecule has 4 nitrogen and oxygen atoms in total. The number of quaternary nitrogens is 1. The Morgan fingerprint density at radius 2 is 1.71 bits per heavy atom. The van der Waals surface area contributed by atoms with Crippen LogP contribution in [0.5, 0.6) is 0 Å². The van der Waals surface area contributed by atoms with E-state index in [0.717, 1.165) is 37.6 Å². The van der Waals surface area contributed by atoms with Crippen LogP contribution in [0, 0.1) is 12.7 Å². The topological polar surface area (TPSA) is 36.8 Å². The van der Waals surface area contributed by atoms with Crippen LogP contribution in [0.4, 0.5) is 15.8 Å². The Morgan fingerprint density at radius 1 is 1.08 bits per heavy atom. The maximum atomic E-state index is 13.0. The van der Waals surface area contributed by atoms with Crippen molar-refractivity contribution in [1.29, 1.82) is 0 Å². The second-order valence-electron chi connectivity index (χ2n) is 6.30. The fraction of sp³-hybridized carbons (Fsp3) is 0.316. The number of benzene rings is 2. The zero-order valence-corrected chi connectivity index (χ0v) is 13.9. The molecule has 5 heteroatoms. The molecule has 2 N–H and O–H groups in total. The Hall–Kier alpha value is -2.40. The monoisotopic (exact) mass is 328 g/mol. The summed E-state index contributed by atoms with van der Waals surface area (Å²) in [7, 11) is 0. The Bertz CT molecular complexity index is 677. The third-order valence-corrected chi connectivity index (χ3v) is 4.41. The van der Waals surface area contributed by atoms with E-state index in [4.69, 9.17) is 0 Å². The molecule has 1 aliphatic heterocycles. The van der Waals surface area contributed by atoms with Gasteiger partial charge in [0.2, 0.25) is 0 Å². The highest BCUT2D eigenvalue weighted by atomic mass is 19.1. The van der Waals surface area contributed by atoms with Gasteiger partial charge in [-0.3, -0.25) is 4.79 Å². The van der Waals surface area contributed by atoms with Gasteiger partial charge in [0.15, 0.2) is 6.54 Å². The van der Waals surface area contributed by atoms with E-state index >= 15 is 0 Å². The molecule has 0 unspecified atom stereocenters. The minimum absolute atomic E-state index is 0.0454. The van der Waals surface area contributed by atoms with E-state index in [2.05, 4.69) is 10.2 Å². The van der Waals surface area contributed by atoms with Gasteiger partial charge in [-0.1, -0.05) is 17.7 Å². The lowest BCUT2D eigenvalue weighted by molar-refractivity contribution is -0.892. The number of halogens is 1. The molecular weight excluding hydrogens is 305 g/mol. The van der Waals surface area contributed by atoms with Gasteiger partial charge in [-0.15, -0.1) is 0 Å². The molecule has 1 aliphatic rings. The summed E-state index contributed by atoms with van der Waals surface area (Å²) in [6, 6.07) is 14.4. The predicted octanol–water partition coefficient (Wildman–Crippen LogP) is 1.48. The first kappa shape index (κ1) is 16.5. The van der Waals surface area contributed by atoms with E-state index in [1.807, 2.05) is 43.3 Å². The number of nitrogens with zero attached hydrogens (tertiary/aromatic N) is 1. The van der Waals surface area contributed by atoms with Gasteiger partial charge in [-0.2, -0.15) is 0 Å². The zero-order valence-electron chi connectivity index (χ0n) is 13.9. The van der Waals surface area contributed by atoms with E-state index in [1.165, 1.54) is 22.6 Å². The Kier molecular flexibility index (Phi) is 5.11. The third-order valence-electron chi connectivity index (χ3n) is 4.41. The van der Waals surface area contributed by atoms with Gasteiger partial charge < -0.3 is 15.1 Å². The summed E-state index contributed by atoms with van der Waals surface area (Å²) in [6.45, 7) is 6.05. The van der Waals surface area contributed by atoms with Crippen molar-refractivity contribution in [3.8, 4) is 0 Å². The van der Waals surface area contributed by atoms with Gasteiger partial charge in [0.1, 0.15) is 5.82 Å². The number of aryl methyl sites for hydroxylation is 1. The molecule has 0 saturated carbocycles. The van der Waals surface area contributed by atoms with Gasteiger partial charge in [-0.05, 0) is 43.3 Å². The van der Waals surface area contributed by atoms with E-state index in [9.17, 15) is 9.18 Å². The molecule has 24 heavy (non-hydrogen) atoms. The highest BCUT2D eigenvalue weighted by Gasteiger charge is 2.22. The molecule has 1 fully saturated rings. The maximum absolute atomic E-state index is 13.0. The van der Waals surface area contributed by atoms with E-state index < -0.39 is 0 Å². The Morgan fingerprint density at radius 3 is 2.33 bits per heavy atom.